The first-order chi connectivity index (χ1) is 8.58. The largest absolute Gasteiger partial charge is 0.406 e. The summed E-state index contributed by atoms with van der Waals surface area (Å²) in [6.45, 7) is 3.95. The molecule has 6 heteroatoms. The van der Waals surface area contributed by atoms with Crippen molar-refractivity contribution in [3.63, 3.8) is 0 Å². The first-order valence-electron chi connectivity index (χ1n) is 5.80. The van der Waals surface area contributed by atoms with Gasteiger partial charge in [0, 0.05) is 24.4 Å². The zero-order valence-electron chi connectivity index (χ0n) is 10.6. The molecule has 0 N–H and O–H groups in total. The SMILES string of the molecule is CC(Cl)c1nnc(N(C)C(C)Cc2cccs2)o1. The van der Waals surface area contributed by atoms with Gasteiger partial charge in [-0.15, -0.1) is 28.0 Å². The van der Waals surface area contributed by atoms with Crippen molar-refractivity contribution in [2.45, 2.75) is 31.7 Å². The fraction of sp³-hybridized carbons (Fsp3) is 0.500. The summed E-state index contributed by atoms with van der Waals surface area (Å²) in [7, 11) is 1.95. The number of likely N-dealkylation sites (N-methyl/N-ethyl adjacent to an activating group) is 1. The number of hydrogen-bond donors (Lipinski definition) is 0. The lowest BCUT2D eigenvalue weighted by Crippen LogP contribution is -2.30. The van der Waals surface area contributed by atoms with Crippen LogP contribution in [0.15, 0.2) is 21.9 Å². The van der Waals surface area contributed by atoms with Gasteiger partial charge in [0.25, 0.3) is 0 Å². The normalized spacial score (nSPS) is 14.4. The highest BCUT2D eigenvalue weighted by atomic mass is 35.5. The molecule has 0 fully saturated rings. The second kappa shape index (κ2) is 5.71. The van der Waals surface area contributed by atoms with Crippen LogP contribution in [0.2, 0.25) is 0 Å². The monoisotopic (exact) mass is 285 g/mol. The molecule has 0 amide bonds. The first kappa shape index (κ1) is 13.4. The highest BCUT2D eigenvalue weighted by Crippen LogP contribution is 2.23. The van der Waals surface area contributed by atoms with Gasteiger partial charge in [0.2, 0.25) is 5.89 Å². The lowest BCUT2D eigenvalue weighted by Gasteiger charge is -2.21. The maximum absolute atomic E-state index is 5.90. The minimum Gasteiger partial charge on any atom is -0.406 e. The van der Waals surface area contributed by atoms with E-state index in [0.717, 1.165) is 6.42 Å². The zero-order chi connectivity index (χ0) is 13.1. The van der Waals surface area contributed by atoms with E-state index in [1.54, 1.807) is 11.3 Å². The van der Waals surface area contributed by atoms with Gasteiger partial charge < -0.3 is 9.32 Å². The van der Waals surface area contributed by atoms with E-state index in [9.17, 15) is 0 Å². The van der Waals surface area contributed by atoms with E-state index >= 15 is 0 Å². The Morgan fingerprint density at radius 2 is 2.22 bits per heavy atom. The summed E-state index contributed by atoms with van der Waals surface area (Å²) in [5, 5.41) is 9.77. The summed E-state index contributed by atoms with van der Waals surface area (Å²) in [6.07, 6.45) is 0.961. The predicted octanol–water partition coefficient (Wildman–Crippen LogP) is 3.50. The van der Waals surface area contributed by atoms with E-state index in [1.807, 2.05) is 18.9 Å². The van der Waals surface area contributed by atoms with Crippen molar-refractivity contribution in [2.24, 2.45) is 0 Å². The topological polar surface area (TPSA) is 42.2 Å². The molecule has 2 heterocycles. The van der Waals surface area contributed by atoms with Gasteiger partial charge in [-0.25, -0.2) is 0 Å². The summed E-state index contributed by atoms with van der Waals surface area (Å²) in [5.41, 5.74) is 0. The van der Waals surface area contributed by atoms with Gasteiger partial charge in [-0.3, -0.25) is 0 Å². The van der Waals surface area contributed by atoms with Gasteiger partial charge >= 0.3 is 6.01 Å². The van der Waals surface area contributed by atoms with Crippen LogP contribution in [0.4, 0.5) is 6.01 Å². The summed E-state index contributed by atoms with van der Waals surface area (Å²) in [4.78, 5) is 3.33. The number of alkyl halides is 1. The van der Waals surface area contributed by atoms with E-state index in [0.29, 0.717) is 17.9 Å². The van der Waals surface area contributed by atoms with Crippen molar-refractivity contribution in [2.75, 3.05) is 11.9 Å². The molecule has 0 aliphatic rings. The third kappa shape index (κ3) is 3.03. The van der Waals surface area contributed by atoms with Gasteiger partial charge in [-0.05, 0) is 25.3 Å². The molecule has 2 rings (SSSR count). The highest BCUT2D eigenvalue weighted by Gasteiger charge is 2.18. The van der Waals surface area contributed by atoms with Crippen LogP contribution in [0.5, 0.6) is 0 Å². The van der Waals surface area contributed by atoms with Crippen molar-refractivity contribution in [1.82, 2.24) is 10.2 Å². The lowest BCUT2D eigenvalue weighted by molar-refractivity contribution is 0.476. The molecular weight excluding hydrogens is 270 g/mol. The Morgan fingerprint density at radius 1 is 1.44 bits per heavy atom. The smallest absolute Gasteiger partial charge is 0.318 e. The van der Waals surface area contributed by atoms with Crippen molar-refractivity contribution in [3.05, 3.63) is 28.3 Å². The second-order valence-corrected chi connectivity index (χ2v) is 5.97. The van der Waals surface area contributed by atoms with Crippen LogP contribution < -0.4 is 4.90 Å². The van der Waals surface area contributed by atoms with E-state index in [1.165, 1.54) is 4.88 Å². The zero-order valence-corrected chi connectivity index (χ0v) is 12.2. The predicted molar refractivity (Wildman–Crippen MR) is 74.5 cm³/mol. The van der Waals surface area contributed by atoms with Crippen LogP contribution >= 0.6 is 22.9 Å². The Bertz CT molecular complexity index is 483. The number of thiophene rings is 1. The van der Waals surface area contributed by atoms with Gasteiger partial charge in [-0.2, -0.15) is 0 Å². The minimum atomic E-state index is -0.257. The molecule has 0 aliphatic heterocycles. The second-order valence-electron chi connectivity index (χ2n) is 4.28. The fourth-order valence-corrected chi connectivity index (χ4v) is 2.49. The molecule has 2 aromatic rings. The van der Waals surface area contributed by atoms with Crippen LogP contribution in [0.25, 0.3) is 0 Å². The van der Waals surface area contributed by atoms with Crippen LogP contribution in [-0.4, -0.2) is 23.3 Å². The number of halogens is 1. The molecule has 2 aromatic heterocycles. The molecular formula is C12H16ClN3OS. The standard InChI is InChI=1S/C12H16ClN3OS/c1-8(7-10-5-4-6-18-10)16(3)12-15-14-11(17-12)9(2)13/h4-6,8-9H,7H2,1-3H3. The molecule has 98 valence electrons. The van der Waals surface area contributed by atoms with Gasteiger partial charge in [-0.1, -0.05) is 11.2 Å². The first-order valence-corrected chi connectivity index (χ1v) is 7.12. The van der Waals surface area contributed by atoms with Crippen LogP contribution in [0.1, 0.15) is 30.0 Å². The summed E-state index contributed by atoms with van der Waals surface area (Å²) >= 11 is 7.66. The molecule has 0 saturated heterocycles. The molecule has 4 nitrogen and oxygen atoms in total. The summed E-state index contributed by atoms with van der Waals surface area (Å²) < 4.78 is 5.52. The number of rotatable bonds is 5. The highest BCUT2D eigenvalue weighted by molar-refractivity contribution is 7.09. The Balaban J connectivity index is 2.03. The fourth-order valence-electron chi connectivity index (χ4n) is 1.58. The van der Waals surface area contributed by atoms with Gasteiger partial charge in [0.15, 0.2) is 0 Å². The average Bonchev–Trinajstić information content (AvgIpc) is 2.98. The lowest BCUT2D eigenvalue weighted by atomic mass is 10.2. The number of anilines is 1. The molecule has 0 spiro atoms. The summed E-state index contributed by atoms with van der Waals surface area (Å²) in [6, 6.07) is 5.01. The molecule has 2 unspecified atom stereocenters. The van der Waals surface area contributed by atoms with Crippen LogP contribution in [0, 0.1) is 0 Å². The molecule has 0 saturated carbocycles. The van der Waals surface area contributed by atoms with E-state index in [2.05, 4.69) is 34.6 Å². The average molecular weight is 286 g/mol. The van der Waals surface area contributed by atoms with Crippen molar-refractivity contribution < 1.29 is 4.42 Å². The Labute approximate surface area is 116 Å². The molecule has 18 heavy (non-hydrogen) atoms. The van der Waals surface area contributed by atoms with Gasteiger partial charge in [0.1, 0.15) is 5.38 Å². The maximum Gasteiger partial charge on any atom is 0.318 e. The van der Waals surface area contributed by atoms with Crippen molar-refractivity contribution in [3.8, 4) is 0 Å². The number of nitrogens with zero attached hydrogens (tertiary/aromatic N) is 3. The number of hydrogen-bond acceptors (Lipinski definition) is 5. The molecule has 0 radical (unpaired) electrons. The minimum absolute atomic E-state index is 0.257. The van der Waals surface area contributed by atoms with Crippen molar-refractivity contribution in [1.29, 1.82) is 0 Å². The molecule has 2 atom stereocenters. The van der Waals surface area contributed by atoms with Crippen LogP contribution in [-0.2, 0) is 6.42 Å². The molecule has 0 bridgehead atoms. The van der Waals surface area contributed by atoms with E-state index in [-0.39, 0.29) is 5.38 Å². The maximum atomic E-state index is 5.90. The van der Waals surface area contributed by atoms with Crippen LogP contribution in [0.3, 0.4) is 0 Å². The molecule has 0 aliphatic carbocycles. The number of aromatic nitrogens is 2. The summed E-state index contributed by atoms with van der Waals surface area (Å²) in [5.74, 6) is 0.460. The molecule has 0 aromatic carbocycles. The third-order valence-electron chi connectivity index (χ3n) is 2.81. The van der Waals surface area contributed by atoms with Gasteiger partial charge in [0.05, 0.1) is 0 Å². The third-order valence-corrected chi connectivity index (χ3v) is 3.90. The van der Waals surface area contributed by atoms with E-state index < -0.39 is 0 Å². The Kier molecular flexibility index (Phi) is 4.24. The Hall–Kier alpha value is -1.07. The Morgan fingerprint density at radius 3 is 2.78 bits per heavy atom. The van der Waals surface area contributed by atoms with E-state index in [4.69, 9.17) is 16.0 Å². The quantitative estimate of drug-likeness (QED) is 0.789. The van der Waals surface area contributed by atoms with Crippen molar-refractivity contribution >= 4 is 29.0 Å².